The van der Waals surface area contributed by atoms with E-state index in [9.17, 15) is 19.7 Å². The van der Waals surface area contributed by atoms with Crippen molar-refractivity contribution in [2.24, 2.45) is 0 Å². The van der Waals surface area contributed by atoms with Gasteiger partial charge in [0.15, 0.2) is 5.78 Å². The Morgan fingerprint density at radius 3 is 2.60 bits per heavy atom. The van der Waals surface area contributed by atoms with Crippen LogP contribution in [0.3, 0.4) is 0 Å². The highest BCUT2D eigenvalue weighted by atomic mass is 16.6. The second kappa shape index (κ2) is 7.22. The highest BCUT2D eigenvalue weighted by Crippen LogP contribution is 2.24. The number of carbonyl (C=O) groups is 2. The molecule has 0 radical (unpaired) electrons. The number of rotatable bonds is 7. The van der Waals surface area contributed by atoms with Crippen molar-refractivity contribution in [3.05, 3.63) is 33.9 Å². The fourth-order valence-corrected chi connectivity index (χ4v) is 1.55. The molecule has 1 rings (SSSR count). The van der Waals surface area contributed by atoms with Gasteiger partial charge in [0.1, 0.15) is 5.75 Å². The van der Waals surface area contributed by atoms with Gasteiger partial charge in [0, 0.05) is 12.5 Å². The lowest BCUT2D eigenvalue weighted by atomic mass is 10.1. The molecule has 0 unspecified atom stereocenters. The van der Waals surface area contributed by atoms with Crippen LogP contribution in [0, 0.1) is 10.1 Å². The van der Waals surface area contributed by atoms with Crippen LogP contribution in [0.4, 0.5) is 5.69 Å². The largest absolute Gasteiger partial charge is 0.494 e. The Kier molecular flexibility index (Phi) is 5.64. The Hall–Kier alpha value is -2.44. The summed E-state index contributed by atoms with van der Waals surface area (Å²) in [5.74, 6) is -0.385. The molecule has 7 heteroatoms. The number of nitrogens with zero attached hydrogens (tertiary/aromatic N) is 1. The van der Waals surface area contributed by atoms with Gasteiger partial charge in [-0.3, -0.25) is 19.7 Å². The molecule has 7 nitrogen and oxygen atoms in total. The van der Waals surface area contributed by atoms with Gasteiger partial charge in [0.2, 0.25) is 0 Å². The monoisotopic (exact) mass is 281 g/mol. The second-order valence-corrected chi connectivity index (χ2v) is 4.02. The Labute approximate surface area is 115 Å². The van der Waals surface area contributed by atoms with Gasteiger partial charge in [-0.2, -0.15) is 0 Å². The predicted octanol–water partition coefficient (Wildman–Crippen LogP) is 2.13. The molecule has 1 aromatic rings. The third kappa shape index (κ3) is 4.34. The fourth-order valence-electron chi connectivity index (χ4n) is 1.55. The summed E-state index contributed by atoms with van der Waals surface area (Å²) in [4.78, 5) is 32.4. The maximum atomic E-state index is 11.4. The van der Waals surface area contributed by atoms with Crippen LogP contribution in [0.15, 0.2) is 18.2 Å². The summed E-state index contributed by atoms with van der Waals surface area (Å²) in [6.45, 7) is 1.51. The summed E-state index contributed by atoms with van der Waals surface area (Å²) >= 11 is 0. The van der Waals surface area contributed by atoms with Gasteiger partial charge in [-0.25, -0.2) is 0 Å². The molecule has 0 atom stereocenters. The van der Waals surface area contributed by atoms with E-state index >= 15 is 0 Å². The van der Waals surface area contributed by atoms with E-state index in [4.69, 9.17) is 4.74 Å². The van der Waals surface area contributed by atoms with E-state index < -0.39 is 10.7 Å². The number of hydrogen-bond donors (Lipinski definition) is 0. The zero-order valence-electron chi connectivity index (χ0n) is 11.3. The molecular weight excluding hydrogens is 266 g/mol. The Balaban J connectivity index is 2.68. The first kappa shape index (κ1) is 15.6. The quantitative estimate of drug-likeness (QED) is 0.250. The Bertz CT molecular complexity index is 526. The number of nitro groups is 1. The van der Waals surface area contributed by atoms with Crippen molar-refractivity contribution in [3.8, 4) is 5.75 Å². The highest BCUT2D eigenvalue weighted by Gasteiger charge is 2.18. The Morgan fingerprint density at radius 1 is 1.35 bits per heavy atom. The van der Waals surface area contributed by atoms with Crippen molar-refractivity contribution < 1.29 is 24.0 Å². The first-order chi connectivity index (χ1) is 9.45. The summed E-state index contributed by atoms with van der Waals surface area (Å²) in [5.41, 5.74) is -0.250. The maximum absolute atomic E-state index is 11.4. The molecule has 0 saturated carbocycles. The number of nitro benzene ring substituents is 1. The summed E-state index contributed by atoms with van der Waals surface area (Å²) in [5, 5.41) is 10.8. The molecule has 0 amide bonds. The van der Waals surface area contributed by atoms with Crippen LogP contribution >= 0.6 is 0 Å². The van der Waals surface area contributed by atoms with Crippen LogP contribution < -0.4 is 4.74 Å². The zero-order chi connectivity index (χ0) is 15.1. The summed E-state index contributed by atoms with van der Waals surface area (Å²) in [6, 6.07) is 3.98. The molecule has 0 fully saturated rings. The van der Waals surface area contributed by atoms with E-state index in [2.05, 4.69) is 4.74 Å². The molecule has 0 aromatic heterocycles. The lowest BCUT2D eigenvalue weighted by molar-refractivity contribution is -0.385. The topological polar surface area (TPSA) is 95.7 Å². The van der Waals surface area contributed by atoms with Crippen LogP contribution in [-0.2, 0) is 9.53 Å². The number of ketones is 1. The van der Waals surface area contributed by atoms with Crippen molar-refractivity contribution >= 4 is 17.4 Å². The summed E-state index contributed by atoms with van der Waals surface area (Å²) in [7, 11) is 1.30. The van der Waals surface area contributed by atoms with Crippen molar-refractivity contribution in [2.75, 3.05) is 13.7 Å². The minimum absolute atomic E-state index is 0.000433. The van der Waals surface area contributed by atoms with Gasteiger partial charge in [-0.05, 0) is 25.5 Å². The Morgan fingerprint density at radius 2 is 2.05 bits per heavy atom. The fraction of sp³-hybridized carbons (Fsp3) is 0.385. The average molecular weight is 281 g/mol. The minimum Gasteiger partial charge on any atom is -0.494 e. The van der Waals surface area contributed by atoms with Gasteiger partial charge in [0.05, 0.1) is 24.2 Å². The van der Waals surface area contributed by atoms with E-state index in [0.717, 1.165) is 0 Å². The van der Waals surface area contributed by atoms with Gasteiger partial charge in [-0.15, -0.1) is 0 Å². The van der Waals surface area contributed by atoms with Crippen molar-refractivity contribution in [1.82, 2.24) is 0 Å². The second-order valence-electron chi connectivity index (χ2n) is 4.02. The molecule has 1 aromatic carbocycles. The molecular formula is C13H15NO6. The van der Waals surface area contributed by atoms with E-state index in [1.807, 2.05) is 0 Å². The molecule has 0 aliphatic rings. The van der Waals surface area contributed by atoms with Crippen LogP contribution in [0.25, 0.3) is 0 Å². The van der Waals surface area contributed by atoms with Crippen LogP contribution in [0.5, 0.6) is 5.75 Å². The first-order valence-electron chi connectivity index (χ1n) is 5.94. The van der Waals surface area contributed by atoms with Crippen LogP contribution in [0.1, 0.15) is 30.1 Å². The van der Waals surface area contributed by atoms with Gasteiger partial charge in [0.25, 0.3) is 5.69 Å². The lowest BCUT2D eigenvalue weighted by Gasteiger charge is -2.07. The number of ether oxygens (including phenoxy) is 2. The average Bonchev–Trinajstić information content (AvgIpc) is 2.42. The minimum atomic E-state index is -0.613. The first-order valence-corrected chi connectivity index (χ1v) is 5.94. The molecule has 20 heavy (non-hydrogen) atoms. The third-order valence-electron chi connectivity index (χ3n) is 2.57. The lowest BCUT2D eigenvalue weighted by Crippen LogP contribution is -2.05. The molecule has 0 N–H and O–H groups in total. The SMILES string of the molecule is COC(=O)CCCOc1ccc([N+](=O)[O-])c(C(C)=O)c1. The van der Waals surface area contributed by atoms with Gasteiger partial charge in [-0.1, -0.05) is 0 Å². The number of benzene rings is 1. The van der Waals surface area contributed by atoms with Gasteiger partial charge < -0.3 is 9.47 Å². The molecule has 0 bridgehead atoms. The normalized spacial score (nSPS) is 9.90. The zero-order valence-corrected chi connectivity index (χ0v) is 11.3. The van der Waals surface area contributed by atoms with Crippen molar-refractivity contribution in [2.45, 2.75) is 19.8 Å². The summed E-state index contributed by atoms with van der Waals surface area (Å²) in [6.07, 6.45) is 0.683. The summed E-state index contributed by atoms with van der Waals surface area (Å²) < 4.78 is 9.82. The molecule has 108 valence electrons. The van der Waals surface area contributed by atoms with E-state index in [-0.39, 0.29) is 30.2 Å². The van der Waals surface area contributed by atoms with Crippen LogP contribution in [0.2, 0.25) is 0 Å². The number of Topliss-reactive ketones (excluding diaryl/α,β-unsaturated/α-hetero) is 1. The predicted molar refractivity (Wildman–Crippen MR) is 69.8 cm³/mol. The number of carbonyl (C=O) groups excluding carboxylic acids is 2. The number of esters is 1. The van der Waals surface area contributed by atoms with E-state index in [0.29, 0.717) is 12.2 Å². The van der Waals surface area contributed by atoms with Gasteiger partial charge >= 0.3 is 5.97 Å². The number of methoxy groups -OCH3 is 1. The van der Waals surface area contributed by atoms with Crippen molar-refractivity contribution in [3.63, 3.8) is 0 Å². The van der Waals surface area contributed by atoms with E-state index in [1.54, 1.807) is 0 Å². The smallest absolute Gasteiger partial charge is 0.305 e. The van der Waals surface area contributed by atoms with E-state index in [1.165, 1.54) is 32.2 Å². The molecule has 0 aliphatic heterocycles. The van der Waals surface area contributed by atoms with Crippen molar-refractivity contribution in [1.29, 1.82) is 0 Å². The maximum Gasteiger partial charge on any atom is 0.305 e. The third-order valence-corrected chi connectivity index (χ3v) is 2.57. The highest BCUT2D eigenvalue weighted by molar-refractivity contribution is 5.98. The molecule has 0 spiro atoms. The number of hydrogen-bond acceptors (Lipinski definition) is 6. The molecule has 0 saturated heterocycles. The molecule has 0 heterocycles. The standard InChI is InChI=1S/C13H15NO6/c1-9(15)11-8-10(5-6-12(11)14(17)18)20-7-3-4-13(16)19-2/h5-6,8H,3-4,7H2,1-2H3. The molecule has 0 aliphatic carbocycles. The van der Waals surface area contributed by atoms with Crippen LogP contribution in [-0.4, -0.2) is 30.4 Å².